The van der Waals surface area contributed by atoms with Crippen LogP contribution in [0.3, 0.4) is 0 Å². The third-order valence-electron chi connectivity index (χ3n) is 3.58. The molecule has 2 unspecified atom stereocenters. The summed E-state index contributed by atoms with van der Waals surface area (Å²) in [6.07, 6.45) is -0.509. The molecule has 0 radical (unpaired) electrons. The monoisotopic (exact) mass is 264 g/mol. The Labute approximate surface area is 111 Å². The summed E-state index contributed by atoms with van der Waals surface area (Å²) in [4.78, 5) is 0. The fraction of sp³-hybridized carbons (Fsp3) is 0.429. The second-order valence-corrected chi connectivity index (χ2v) is 4.37. The number of benzene rings is 1. The molecule has 2 bridgehead atoms. The molecule has 19 heavy (non-hydrogen) atoms. The van der Waals surface area contributed by atoms with Gasteiger partial charge < -0.3 is 23.7 Å². The third kappa shape index (κ3) is 1.51. The lowest BCUT2D eigenvalue weighted by atomic mass is 9.93. The Morgan fingerprint density at radius 3 is 2.11 bits per heavy atom. The molecule has 1 aromatic rings. The molecular formula is C14H16O5. The summed E-state index contributed by atoms with van der Waals surface area (Å²) in [5.74, 6) is 2.91. The van der Waals surface area contributed by atoms with Crippen molar-refractivity contribution < 1.29 is 23.7 Å². The van der Waals surface area contributed by atoms with Gasteiger partial charge in [-0.05, 0) is 6.07 Å². The van der Waals surface area contributed by atoms with E-state index in [0.717, 1.165) is 28.4 Å². The SMILES string of the molecule is COC1=C(OC)C2OC1c1cc(OC)cc(OC)c12. The van der Waals surface area contributed by atoms with Gasteiger partial charge in [-0.1, -0.05) is 0 Å². The fourth-order valence-corrected chi connectivity index (χ4v) is 2.75. The molecule has 0 aliphatic carbocycles. The maximum atomic E-state index is 5.93. The summed E-state index contributed by atoms with van der Waals surface area (Å²) in [5.41, 5.74) is 2.00. The quantitative estimate of drug-likeness (QED) is 0.835. The molecule has 2 aliphatic rings. The maximum Gasteiger partial charge on any atom is 0.170 e. The lowest BCUT2D eigenvalue weighted by molar-refractivity contribution is 0.0437. The van der Waals surface area contributed by atoms with Gasteiger partial charge >= 0.3 is 0 Å². The van der Waals surface area contributed by atoms with Crippen LogP contribution in [-0.4, -0.2) is 28.4 Å². The Morgan fingerprint density at radius 1 is 0.842 bits per heavy atom. The number of fused-ring (bicyclic) bond motifs is 5. The van der Waals surface area contributed by atoms with Crippen LogP contribution >= 0.6 is 0 Å². The topological polar surface area (TPSA) is 46.2 Å². The van der Waals surface area contributed by atoms with Crippen molar-refractivity contribution in [2.45, 2.75) is 12.2 Å². The molecule has 0 fully saturated rings. The Balaban J connectivity index is 2.16. The van der Waals surface area contributed by atoms with Crippen molar-refractivity contribution in [2.24, 2.45) is 0 Å². The van der Waals surface area contributed by atoms with Gasteiger partial charge in [0.15, 0.2) is 11.5 Å². The molecule has 0 spiro atoms. The molecule has 5 nitrogen and oxygen atoms in total. The van der Waals surface area contributed by atoms with Crippen molar-refractivity contribution in [3.8, 4) is 11.5 Å². The molecule has 0 saturated heterocycles. The van der Waals surface area contributed by atoms with Gasteiger partial charge in [0, 0.05) is 17.2 Å². The Hall–Kier alpha value is -1.88. The first-order chi connectivity index (χ1) is 9.24. The Kier molecular flexibility index (Phi) is 2.78. The molecule has 2 aliphatic heterocycles. The maximum absolute atomic E-state index is 5.93. The van der Waals surface area contributed by atoms with Gasteiger partial charge in [0.1, 0.15) is 23.7 Å². The highest BCUT2D eigenvalue weighted by Gasteiger charge is 2.49. The number of hydrogen-bond donors (Lipinski definition) is 0. The van der Waals surface area contributed by atoms with Crippen LogP contribution < -0.4 is 9.47 Å². The van der Waals surface area contributed by atoms with E-state index in [9.17, 15) is 0 Å². The standard InChI is InChI=1S/C14H16O5/c1-15-7-5-8-10(9(6-7)16-2)12-14(18-4)13(17-3)11(8)19-12/h5-6,11-12H,1-4H3. The molecule has 0 N–H and O–H groups in total. The van der Waals surface area contributed by atoms with Gasteiger partial charge in [0.25, 0.3) is 0 Å². The number of methoxy groups -OCH3 is 4. The zero-order valence-electron chi connectivity index (χ0n) is 11.4. The fourth-order valence-electron chi connectivity index (χ4n) is 2.75. The largest absolute Gasteiger partial charge is 0.497 e. The van der Waals surface area contributed by atoms with E-state index < -0.39 is 0 Å². The first kappa shape index (κ1) is 12.2. The average Bonchev–Trinajstić information content (AvgIpc) is 3.00. The first-order valence-electron chi connectivity index (χ1n) is 5.98. The molecule has 2 heterocycles. The van der Waals surface area contributed by atoms with Crippen LogP contribution in [0.4, 0.5) is 0 Å². The molecule has 0 saturated carbocycles. The molecule has 5 heteroatoms. The molecule has 1 aromatic carbocycles. The minimum absolute atomic E-state index is 0.246. The zero-order chi connectivity index (χ0) is 13.6. The highest BCUT2D eigenvalue weighted by atomic mass is 16.6. The lowest BCUT2D eigenvalue weighted by Crippen LogP contribution is -2.09. The molecule has 2 atom stereocenters. The van der Waals surface area contributed by atoms with E-state index in [1.165, 1.54) is 0 Å². The van der Waals surface area contributed by atoms with Crippen molar-refractivity contribution in [2.75, 3.05) is 28.4 Å². The summed E-state index contributed by atoms with van der Waals surface area (Å²) in [7, 11) is 6.50. The van der Waals surface area contributed by atoms with Crippen LogP contribution in [0.25, 0.3) is 0 Å². The van der Waals surface area contributed by atoms with Gasteiger partial charge in [-0.25, -0.2) is 0 Å². The van der Waals surface area contributed by atoms with Crippen LogP contribution in [0.1, 0.15) is 23.3 Å². The van der Waals surface area contributed by atoms with Gasteiger partial charge in [-0.3, -0.25) is 0 Å². The van der Waals surface area contributed by atoms with Crippen LogP contribution in [0.5, 0.6) is 11.5 Å². The number of ether oxygens (including phenoxy) is 5. The van der Waals surface area contributed by atoms with Gasteiger partial charge in [-0.15, -0.1) is 0 Å². The Morgan fingerprint density at radius 2 is 1.53 bits per heavy atom. The van der Waals surface area contributed by atoms with E-state index in [-0.39, 0.29) is 12.2 Å². The van der Waals surface area contributed by atoms with Crippen molar-refractivity contribution in [1.29, 1.82) is 0 Å². The van der Waals surface area contributed by atoms with E-state index >= 15 is 0 Å². The van der Waals surface area contributed by atoms with E-state index in [4.69, 9.17) is 23.7 Å². The van der Waals surface area contributed by atoms with E-state index in [2.05, 4.69) is 0 Å². The van der Waals surface area contributed by atoms with E-state index in [0.29, 0.717) is 5.76 Å². The van der Waals surface area contributed by atoms with Gasteiger partial charge in [0.2, 0.25) is 0 Å². The Bertz CT molecular complexity index is 549. The molecule has 0 aromatic heterocycles. The summed E-state index contributed by atoms with van der Waals surface area (Å²) < 4.78 is 27.5. The molecule has 0 amide bonds. The number of hydrogen-bond acceptors (Lipinski definition) is 5. The van der Waals surface area contributed by atoms with Crippen LogP contribution in [-0.2, 0) is 14.2 Å². The van der Waals surface area contributed by atoms with Gasteiger partial charge in [-0.2, -0.15) is 0 Å². The van der Waals surface area contributed by atoms with Crippen LogP contribution in [0.2, 0.25) is 0 Å². The van der Waals surface area contributed by atoms with Crippen molar-refractivity contribution in [3.05, 3.63) is 34.8 Å². The number of rotatable bonds is 4. The van der Waals surface area contributed by atoms with Crippen molar-refractivity contribution >= 4 is 0 Å². The summed E-state index contributed by atoms with van der Waals surface area (Å²) >= 11 is 0. The second kappa shape index (κ2) is 4.35. The minimum Gasteiger partial charge on any atom is -0.497 e. The summed E-state index contributed by atoms with van der Waals surface area (Å²) in [6, 6.07) is 3.80. The predicted molar refractivity (Wildman–Crippen MR) is 67.2 cm³/mol. The highest BCUT2D eigenvalue weighted by Crippen LogP contribution is 2.57. The summed E-state index contributed by atoms with van der Waals surface area (Å²) in [6.45, 7) is 0. The van der Waals surface area contributed by atoms with E-state index in [1.807, 2.05) is 12.1 Å². The van der Waals surface area contributed by atoms with Crippen molar-refractivity contribution in [1.82, 2.24) is 0 Å². The van der Waals surface area contributed by atoms with Crippen molar-refractivity contribution in [3.63, 3.8) is 0 Å². The lowest BCUT2D eigenvalue weighted by Gasteiger charge is -2.20. The van der Waals surface area contributed by atoms with Crippen LogP contribution in [0, 0.1) is 0 Å². The molecule has 102 valence electrons. The highest BCUT2D eigenvalue weighted by molar-refractivity contribution is 5.57. The molecule has 3 rings (SSSR count). The first-order valence-corrected chi connectivity index (χ1v) is 5.98. The zero-order valence-corrected chi connectivity index (χ0v) is 11.4. The normalized spacial score (nSPS) is 23.4. The smallest absolute Gasteiger partial charge is 0.170 e. The van der Waals surface area contributed by atoms with Crippen LogP contribution in [0.15, 0.2) is 23.7 Å². The van der Waals surface area contributed by atoms with Gasteiger partial charge in [0.05, 0.1) is 28.4 Å². The average molecular weight is 264 g/mol. The summed E-state index contributed by atoms with van der Waals surface area (Å²) in [5, 5.41) is 0. The third-order valence-corrected chi connectivity index (χ3v) is 3.58. The van der Waals surface area contributed by atoms with E-state index in [1.54, 1.807) is 28.4 Å². The minimum atomic E-state index is -0.263. The molecular weight excluding hydrogens is 248 g/mol. The second-order valence-electron chi connectivity index (χ2n) is 4.37. The predicted octanol–water partition coefficient (Wildman–Crippen LogP) is 2.33.